The molecule has 0 spiro atoms. The zero-order valence-electron chi connectivity index (χ0n) is 17.0. The number of esters is 1. The molecule has 2 heterocycles. The first-order valence-corrected chi connectivity index (χ1v) is 10.1. The first-order valence-electron chi connectivity index (χ1n) is 9.73. The Morgan fingerprint density at radius 2 is 1.69 bits per heavy atom. The van der Waals surface area contributed by atoms with Gasteiger partial charge < -0.3 is 20.7 Å². The Morgan fingerprint density at radius 3 is 2.31 bits per heavy atom. The van der Waals surface area contributed by atoms with Gasteiger partial charge in [-0.3, -0.25) is 14.5 Å². The summed E-state index contributed by atoms with van der Waals surface area (Å²) in [6.07, 6.45) is 0. The molecule has 3 N–H and O–H groups in total. The van der Waals surface area contributed by atoms with Crippen molar-refractivity contribution in [1.29, 1.82) is 0 Å². The number of hydrogen-bond donors (Lipinski definition) is 3. The van der Waals surface area contributed by atoms with Crippen LogP contribution in [0.4, 0.5) is 16.2 Å². The fraction of sp³-hybridized carbons (Fsp3) is 0.182. The molecule has 32 heavy (non-hydrogen) atoms. The maximum absolute atomic E-state index is 12.8. The second-order valence-electron chi connectivity index (χ2n) is 7.26. The van der Waals surface area contributed by atoms with Gasteiger partial charge in [-0.1, -0.05) is 23.7 Å². The van der Waals surface area contributed by atoms with Gasteiger partial charge in [0.25, 0.3) is 0 Å². The molecule has 9 nitrogen and oxygen atoms in total. The van der Waals surface area contributed by atoms with Crippen LogP contribution in [0.5, 0.6) is 0 Å². The van der Waals surface area contributed by atoms with Gasteiger partial charge in [-0.15, -0.1) is 0 Å². The van der Waals surface area contributed by atoms with Gasteiger partial charge in [-0.05, 0) is 42.0 Å². The first kappa shape index (κ1) is 21.4. The standard InChI is InChI=1S/C22H19ClN4O5/c1-12(28)24-15-6-8-16(9-7-15)25-18(29)10-27-17-11-32-21(30)19(17)20(26-22(27)31)13-2-4-14(23)5-3-13/h2-9,20H,10-11H2,1H3,(H,24,28)(H,25,29)(H,26,31)/t20-/m0/s1. The Hall–Kier alpha value is -3.85. The molecular weight excluding hydrogens is 436 g/mol. The third-order valence-corrected chi connectivity index (χ3v) is 5.24. The van der Waals surface area contributed by atoms with E-state index in [0.29, 0.717) is 33.2 Å². The lowest BCUT2D eigenvalue weighted by Gasteiger charge is -2.32. The molecular formula is C22H19ClN4O5. The number of amides is 4. The molecule has 10 heteroatoms. The Labute approximate surface area is 188 Å². The molecule has 4 rings (SSSR count). The van der Waals surface area contributed by atoms with Crippen molar-refractivity contribution < 1.29 is 23.9 Å². The van der Waals surface area contributed by atoms with Gasteiger partial charge in [0.15, 0.2) is 0 Å². The summed E-state index contributed by atoms with van der Waals surface area (Å²) < 4.78 is 5.16. The van der Waals surface area contributed by atoms with Gasteiger partial charge >= 0.3 is 12.0 Å². The number of nitrogens with zero attached hydrogens (tertiary/aromatic N) is 1. The number of anilines is 2. The molecule has 2 aliphatic rings. The van der Waals surface area contributed by atoms with E-state index >= 15 is 0 Å². The Morgan fingerprint density at radius 1 is 1.06 bits per heavy atom. The molecule has 0 fully saturated rings. The van der Waals surface area contributed by atoms with Crippen LogP contribution >= 0.6 is 11.6 Å². The third-order valence-electron chi connectivity index (χ3n) is 4.99. The summed E-state index contributed by atoms with van der Waals surface area (Å²) in [5.41, 5.74) is 2.41. The molecule has 0 saturated heterocycles. The van der Waals surface area contributed by atoms with Crippen LogP contribution in [0.3, 0.4) is 0 Å². The number of cyclic esters (lactones) is 1. The highest BCUT2D eigenvalue weighted by Gasteiger charge is 2.42. The van der Waals surface area contributed by atoms with Crippen molar-refractivity contribution in [3.63, 3.8) is 0 Å². The molecule has 1 atom stereocenters. The van der Waals surface area contributed by atoms with E-state index in [1.54, 1.807) is 48.5 Å². The van der Waals surface area contributed by atoms with Crippen LogP contribution in [0, 0.1) is 0 Å². The summed E-state index contributed by atoms with van der Waals surface area (Å²) in [5.74, 6) is -1.20. The lowest BCUT2D eigenvalue weighted by atomic mass is 9.96. The number of benzene rings is 2. The minimum Gasteiger partial charge on any atom is -0.456 e. The maximum Gasteiger partial charge on any atom is 0.338 e. The van der Waals surface area contributed by atoms with Crippen molar-refractivity contribution in [3.8, 4) is 0 Å². The molecule has 2 aromatic carbocycles. The summed E-state index contributed by atoms with van der Waals surface area (Å²) in [4.78, 5) is 50.1. The summed E-state index contributed by atoms with van der Waals surface area (Å²) in [7, 11) is 0. The van der Waals surface area contributed by atoms with Crippen LogP contribution in [0.25, 0.3) is 0 Å². The molecule has 164 valence electrons. The molecule has 0 radical (unpaired) electrons. The molecule has 2 aromatic rings. The van der Waals surface area contributed by atoms with Crippen molar-refractivity contribution in [1.82, 2.24) is 10.2 Å². The van der Waals surface area contributed by atoms with E-state index in [2.05, 4.69) is 16.0 Å². The Bertz CT molecular complexity index is 1130. The highest BCUT2D eigenvalue weighted by molar-refractivity contribution is 6.30. The molecule has 2 aliphatic heterocycles. The molecule has 0 bridgehead atoms. The predicted octanol–water partition coefficient (Wildman–Crippen LogP) is 2.81. The van der Waals surface area contributed by atoms with Crippen molar-refractivity contribution in [2.75, 3.05) is 23.8 Å². The number of halogens is 1. The van der Waals surface area contributed by atoms with Gasteiger partial charge in [-0.2, -0.15) is 0 Å². The number of urea groups is 1. The minimum atomic E-state index is -0.689. The van der Waals surface area contributed by atoms with Gasteiger partial charge in [-0.25, -0.2) is 9.59 Å². The van der Waals surface area contributed by atoms with Gasteiger partial charge in [0.2, 0.25) is 11.8 Å². The van der Waals surface area contributed by atoms with E-state index in [-0.39, 0.29) is 19.1 Å². The second-order valence-corrected chi connectivity index (χ2v) is 7.70. The van der Waals surface area contributed by atoms with Crippen LogP contribution in [-0.2, 0) is 19.1 Å². The quantitative estimate of drug-likeness (QED) is 0.600. The fourth-order valence-electron chi connectivity index (χ4n) is 3.57. The van der Waals surface area contributed by atoms with Gasteiger partial charge in [0.05, 0.1) is 17.3 Å². The van der Waals surface area contributed by atoms with Crippen molar-refractivity contribution in [2.24, 2.45) is 0 Å². The first-order chi connectivity index (χ1) is 15.3. The Balaban J connectivity index is 1.51. The average Bonchev–Trinajstić information content (AvgIpc) is 3.13. The summed E-state index contributed by atoms with van der Waals surface area (Å²) in [5, 5.41) is 8.62. The number of rotatable bonds is 5. The monoisotopic (exact) mass is 454 g/mol. The van der Waals surface area contributed by atoms with E-state index in [1.165, 1.54) is 11.8 Å². The van der Waals surface area contributed by atoms with Gasteiger partial charge in [0.1, 0.15) is 13.2 Å². The smallest absolute Gasteiger partial charge is 0.338 e. The summed E-state index contributed by atoms with van der Waals surface area (Å²) >= 11 is 5.93. The van der Waals surface area contributed by atoms with Crippen molar-refractivity contribution >= 4 is 46.8 Å². The van der Waals surface area contributed by atoms with Crippen molar-refractivity contribution in [2.45, 2.75) is 13.0 Å². The maximum atomic E-state index is 12.8. The molecule has 4 amide bonds. The van der Waals surface area contributed by atoms with Crippen LogP contribution in [-0.4, -0.2) is 41.9 Å². The molecule has 0 unspecified atom stereocenters. The normalized spacial score (nSPS) is 17.4. The van der Waals surface area contributed by atoms with E-state index in [1.807, 2.05) is 0 Å². The highest BCUT2D eigenvalue weighted by atomic mass is 35.5. The van der Waals surface area contributed by atoms with E-state index in [9.17, 15) is 19.2 Å². The Kier molecular flexibility index (Phi) is 5.83. The zero-order valence-corrected chi connectivity index (χ0v) is 17.7. The molecule has 0 aromatic heterocycles. The summed E-state index contributed by atoms with van der Waals surface area (Å²) in [6, 6.07) is 12.1. The van der Waals surface area contributed by atoms with Crippen LogP contribution in [0.1, 0.15) is 18.5 Å². The van der Waals surface area contributed by atoms with E-state index in [4.69, 9.17) is 16.3 Å². The number of ether oxygens (including phenoxy) is 1. The number of nitrogens with one attached hydrogen (secondary N) is 3. The average molecular weight is 455 g/mol. The SMILES string of the molecule is CC(=O)Nc1ccc(NC(=O)CN2C(=O)N[C@@H](c3ccc(Cl)cc3)C3=C2COC3=O)cc1. The lowest BCUT2D eigenvalue weighted by Crippen LogP contribution is -2.49. The summed E-state index contributed by atoms with van der Waals surface area (Å²) in [6.45, 7) is 1.00. The largest absolute Gasteiger partial charge is 0.456 e. The lowest BCUT2D eigenvalue weighted by molar-refractivity contribution is -0.136. The third kappa shape index (κ3) is 4.42. The number of carbonyl (C=O) groups excluding carboxylic acids is 4. The van der Waals surface area contributed by atoms with Crippen LogP contribution < -0.4 is 16.0 Å². The van der Waals surface area contributed by atoms with E-state index < -0.39 is 23.9 Å². The molecule has 0 aliphatic carbocycles. The topological polar surface area (TPSA) is 117 Å². The van der Waals surface area contributed by atoms with Gasteiger partial charge in [0, 0.05) is 23.3 Å². The highest BCUT2D eigenvalue weighted by Crippen LogP contribution is 2.35. The number of hydrogen-bond acceptors (Lipinski definition) is 5. The predicted molar refractivity (Wildman–Crippen MR) is 117 cm³/mol. The fourth-order valence-corrected chi connectivity index (χ4v) is 3.69. The zero-order chi connectivity index (χ0) is 22.8. The van der Waals surface area contributed by atoms with Crippen LogP contribution in [0.2, 0.25) is 5.02 Å². The van der Waals surface area contributed by atoms with Crippen LogP contribution in [0.15, 0.2) is 59.8 Å². The minimum absolute atomic E-state index is 0.0929. The van der Waals surface area contributed by atoms with Crippen molar-refractivity contribution in [3.05, 3.63) is 70.4 Å². The molecule has 0 saturated carbocycles. The van der Waals surface area contributed by atoms with E-state index in [0.717, 1.165) is 0 Å². The second kappa shape index (κ2) is 8.72. The number of carbonyl (C=O) groups is 4.